The number of hydrogen-bond donors (Lipinski definition) is 1. The van der Waals surface area contributed by atoms with Gasteiger partial charge in [-0.25, -0.2) is 0 Å². The summed E-state index contributed by atoms with van der Waals surface area (Å²) in [6.45, 7) is 2.36. The molecule has 0 bridgehead atoms. The van der Waals surface area contributed by atoms with E-state index in [0.29, 0.717) is 18.7 Å². The van der Waals surface area contributed by atoms with Crippen LogP contribution in [0, 0.1) is 5.92 Å². The molecule has 2 aliphatic rings. The van der Waals surface area contributed by atoms with E-state index in [-0.39, 0.29) is 28.1 Å². The van der Waals surface area contributed by atoms with Crippen LogP contribution in [0.5, 0.6) is 17.2 Å². The molecule has 0 saturated carbocycles. The van der Waals surface area contributed by atoms with Gasteiger partial charge in [0.2, 0.25) is 17.2 Å². The van der Waals surface area contributed by atoms with Gasteiger partial charge in [0.1, 0.15) is 27.8 Å². The Bertz CT molecular complexity index is 1110. The van der Waals surface area contributed by atoms with E-state index in [4.69, 9.17) is 30.2 Å². The van der Waals surface area contributed by atoms with Crippen molar-refractivity contribution in [1.82, 2.24) is 10.2 Å². The minimum Gasteiger partial charge on any atom is -0.496 e. The molecule has 3 atom stereocenters. The van der Waals surface area contributed by atoms with Crippen LogP contribution in [0.2, 0.25) is 5.02 Å². The van der Waals surface area contributed by atoms with Crippen molar-refractivity contribution < 1.29 is 28.2 Å². The summed E-state index contributed by atoms with van der Waals surface area (Å²) >= 11 is 6.43. The van der Waals surface area contributed by atoms with Crippen molar-refractivity contribution in [2.75, 3.05) is 34.9 Å². The summed E-state index contributed by atoms with van der Waals surface area (Å²) in [7, 11) is 6.81. The first-order valence-corrected chi connectivity index (χ1v) is 11.0. The topological polar surface area (TPSA) is 90.2 Å². The lowest BCUT2D eigenvalue weighted by molar-refractivity contribution is -0.129. The number of fused-ring (bicyclic) bond motifs is 1. The molecule has 1 N–H and O–H groups in total. The maximum atomic E-state index is 13.5. The van der Waals surface area contributed by atoms with Gasteiger partial charge >= 0.3 is 0 Å². The van der Waals surface area contributed by atoms with Crippen LogP contribution >= 0.6 is 11.6 Å². The molecule has 4 rings (SSSR count). The minimum atomic E-state index is -1.68. The Morgan fingerprint density at radius 2 is 2.00 bits per heavy atom. The normalized spacial score (nSPS) is 22.8. The fourth-order valence-electron chi connectivity index (χ4n) is 4.50. The van der Waals surface area contributed by atoms with E-state index in [2.05, 4.69) is 5.32 Å². The van der Waals surface area contributed by atoms with Gasteiger partial charge in [-0.05, 0) is 32.6 Å². The van der Waals surface area contributed by atoms with Crippen molar-refractivity contribution in [3.63, 3.8) is 0 Å². The first-order valence-electron chi connectivity index (χ1n) is 10.6. The van der Waals surface area contributed by atoms with Crippen LogP contribution in [0.15, 0.2) is 40.7 Å². The van der Waals surface area contributed by atoms with Crippen molar-refractivity contribution in [3.8, 4) is 17.2 Å². The molecule has 0 unspecified atom stereocenters. The van der Waals surface area contributed by atoms with Crippen LogP contribution in [0.4, 0.5) is 0 Å². The van der Waals surface area contributed by atoms with Crippen LogP contribution in [-0.2, 0) is 4.79 Å². The number of benzene rings is 1. The molecule has 1 spiro atoms. The van der Waals surface area contributed by atoms with Gasteiger partial charge in [0.25, 0.3) is 0 Å². The van der Waals surface area contributed by atoms with Gasteiger partial charge in [0.05, 0.1) is 26.5 Å². The van der Waals surface area contributed by atoms with Crippen LogP contribution in [-0.4, -0.2) is 56.9 Å². The van der Waals surface area contributed by atoms with Crippen molar-refractivity contribution in [2.24, 2.45) is 5.92 Å². The van der Waals surface area contributed by atoms with Crippen molar-refractivity contribution >= 4 is 23.2 Å². The zero-order chi connectivity index (χ0) is 23.9. The summed E-state index contributed by atoms with van der Waals surface area (Å²) in [6.07, 6.45) is 3.53. The summed E-state index contributed by atoms with van der Waals surface area (Å²) in [6, 6.07) is 5.26. The number of carbonyl (C=O) groups is 2. The minimum absolute atomic E-state index is 0.0219. The van der Waals surface area contributed by atoms with Crippen molar-refractivity contribution in [3.05, 3.63) is 52.6 Å². The van der Waals surface area contributed by atoms with E-state index in [9.17, 15) is 9.59 Å². The Labute approximate surface area is 197 Å². The van der Waals surface area contributed by atoms with Crippen molar-refractivity contribution in [2.45, 2.75) is 25.0 Å². The van der Waals surface area contributed by atoms with Gasteiger partial charge in [-0.1, -0.05) is 18.5 Å². The molecule has 8 nitrogen and oxygen atoms in total. The number of carbonyl (C=O) groups excluding carboxylic acids is 2. The SMILES string of the molecule is COc1cc(OC)c2c(c1Cl)O[C@@]1(C(=O)C=C(NC[C@H](c3ccco3)N(C)C)C[C@H]1C)C2=O. The van der Waals surface area contributed by atoms with Gasteiger partial charge in [0, 0.05) is 30.3 Å². The van der Waals surface area contributed by atoms with E-state index >= 15 is 0 Å². The monoisotopic (exact) mass is 474 g/mol. The van der Waals surface area contributed by atoms with Crippen molar-refractivity contribution in [1.29, 1.82) is 0 Å². The van der Waals surface area contributed by atoms with Gasteiger partial charge in [-0.3, -0.25) is 14.5 Å². The Morgan fingerprint density at radius 1 is 1.27 bits per heavy atom. The third-order valence-electron chi connectivity index (χ3n) is 6.33. The molecule has 176 valence electrons. The number of Topliss-reactive ketones (excluding diaryl/α,β-unsaturated/α-hetero) is 1. The average molecular weight is 475 g/mol. The fourth-order valence-corrected chi connectivity index (χ4v) is 4.76. The standard InChI is InChI=1S/C24H27ClN2O6/c1-13-9-14(26-12-15(27(2)3)16-7-6-8-32-16)10-19(28)24(13)23(29)20-17(30-4)11-18(31-5)21(25)22(20)33-24/h6-8,10-11,13,15,26H,9,12H2,1-5H3/t13-,15-,24+/m1/s1. The highest BCUT2D eigenvalue weighted by Crippen LogP contribution is 2.52. The molecule has 2 heterocycles. The quantitative estimate of drug-likeness (QED) is 0.608. The Hall–Kier alpha value is -2.97. The van der Waals surface area contributed by atoms with Crippen LogP contribution in [0.3, 0.4) is 0 Å². The smallest absolute Gasteiger partial charge is 0.236 e. The summed E-state index contributed by atoms with van der Waals surface area (Å²) in [5.41, 5.74) is -0.781. The first-order chi connectivity index (χ1) is 15.7. The highest BCUT2D eigenvalue weighted by atomic mass is 35.5. The third kappa shape index (κ3) is 3.67. The van der Waals surface area contributed by atoms with E-state index in [1.165, 1.54) is 26.4 Å². The molecule has 0 fully saturated rings. The van der Waals surface area contributed by atoms with Gasteiger partial charge in [0.15, 0.2) is 5.75 Å². The number of likely N-dealkylation sites (N-methyl/N-ethyl adjacent to an activating group) is 1. The number of furan rings is 1. The molecule has 2 aromatic rings. The van der Waals surface area contributed by atoms with E-state index in [0.717, 1.165) is 11.5 Å². The number of allylic oxidation sites excluding steroid dienone is 1. The molecule has 0 amide bonds. The lowest BCUT2D eigenvalue weighted by atomic mass is 9.74. The summed E-state index contributed by atoms with van der Waals surface area (Å²) in [5, 5.41) is 3.49. The van der Waals surface area contributed by atoms with Gasteiger partial charge in [-0.2, -0.15) is 0 Å². The molecule has 9 heteroatoms. The fraction of sp³-hybridized carbons (Fsp3) is 0.417. The Morgan fingerprint density at radius 3 is 2.58 bits per heavy atom. The third-order valence-corrected chi connectivity index (χ3v) is 6.69. The predicted octanol–water partition coefficient (Wildman–Crippen LogP) is 3.65. The average Bonchev–Trinajstić information content (AvgIpc) is 3.41. The molecule has 1 aromatic carbocycles. The van der Waals surface area contributed by atoms with E-state index in [1.54, 1.807) is 6.26 Å². The molecule has 33 heavy (non-hydrogen) atoms. The van der Waals surface area contributed by atoms with E-state index < -0.39 is 23.1 Å². The Kier molecular flexibility index (Phi) is 6.16. The number of ketones is 2. The predicted molar refractivity (Wildman–Crippen MR) is 122 cm³/mol. The second-order valence-electron chi connectivity index (χ2n) is 8.48. The zero-order valence-electron chi connectivity index (χ0n) is 19.2. The maximum absolute atomic E-state index is 13.5. The zero-order valence-corrected chi connectivity index (χ0v) is 20.0. The lowest BCUT2D eigenvalue weighted by Crippen LogP contribution is -2.55. The number of ether oxygens (including phenoxy) is 3. The molecule has 1 aliphatic heterocycles. The molecular weight excluding hydrogens is 448 g/mol. The molecule has 1 aliphatic carbocycles. The number of nitrogens with zero attached hydrogens (tertiary/aromatic N) is 1. The van der Waals surface area contributed by atoms with E-state index in [1.807, 2.05) is 38.1 Å². The maximum Gasteiger partial charge on any atom is 0.236 e. The lowest BCUT2D eigenvalue weighted by Gasteiger charge is -2.35. The Balaban J connectivity index is 1.62. The molecule has 0 radical (unpaired) electrons. The first kappa shape index (κ1) is 23.2. The van der Waals surface area contributed by atoms with Crippen LogP contribution in [0.1, 0.15) is 35.5 Å². The number of hydrogen-bond acceptors (Lipinski definition) is 8. The molecular formula is C24H27ClN2O6. The molecule has 1 aromatic heterocycles. The summed E-state index contributed by atoms with van der Waals surface area (Å²) in [5.74, 6) is 0.181. The number of halogens is 1. The second kappa shape index (κ2) is 8.76. The number of rotatable bonds is 7. The highest BCUT2D eigenvalue weighted by Gasteiger charge is 2.60. The summed E-state index contributed by atoms with van der Waals surface area (Å²) < 4.78 is 22.3. The van der Waals surface area contributed by atoms with Crippen LogP contribution in [0.25, 0.3) is 0 Å². The van der Waals surface area contributed by atoms with Crippen LogP contribution < -0.4 is 19.5 Å². The number of nitrogens with one attached hydrogen (secondary N) is 1. The van der Waals surface area contributed by atoms with Gasteiger partial charge < -0.3 is 23.9 Å². The highest BCUT2D eigenvalue weighted by molar-refractivity contribution is 6.36. The molecule has 0 saturated heterocycles. The largest absolute Gasteiger partial charge is 0.496 e. The summed E-state index contributed by atoms with van der Waals surface area (Å²) in [4.78, 5) is 29.0. The number of methoxy groups -OCH3 is 2. The second-order valence-corrected chi connectivity index (χ2v) is 8.86. The van der Waals surface area contributed by atoms with Gasteiger partial charge in [-0.15, -0.1) is 0 Å².